The van der Waals surface area contributed by atoms with E-state index in [9.17, 15) is 4.79 Å². The van der Waals surface area contributed by atoms with Gasteiger partial charge in [0, 0.05) is 12.1 Å². The molecule has 4 rings (SSSR count). The van der Waals surface area contributed by atoms with Crippen LogP contribution in [0.4, 0.5) is 5.69 Å². The molecule has 0 saturated carbocycles. The van der Waals surface area contributed by atoms with Crippen LogP contribution in [0, 0.1) is 0 Å². The first-order chi connectivity index (χ1) is 13.7. The summed E-state index contributed by atoms with van der Waals surface area (Å²) in [5.41, 5.74) is 6.61. The van der Waals surface area contributed by atoms with Crippen molar-refractivity contribution in [3.8, 4) is 0 Å². The van der Waals surface area contributed by atoms with Crippen LogP contribution in [0.1, 0.15) is 36.8 Å². The molecular weight excluding hydrogens is 370 g/mol. The lowest BCUT2D eigenvalue weighted by Gasteiger charge is -2.33. The topological polar surface area (TPSA) is 71.8 Å². The van der Waals surface area contributed by atoms with Crippen molar-refractivity contribution >= 4 is 23.4 Å². The Kier molecular flexibility index (Phi) is 5.34. The molecule has 0 spiro atoms. The molecule has 0 aliphatic carbocycles. The summed E-state index contributed by atoms with van der Waals surface area (Å²) in [6.07, 6.45) is 1.75. The Labute approximate surface area is 168 Å². The van der Waals surface area contributed by atoms with Gasteiger partial charge in [0.1, 0.15) is 5.25 Å². The van der Waals surface area contributed by atoms with Crippen LogP contribution in [0.5, 0.6) is 0 Å². The average Bonchev–Trinajstić information content (AvgIpc) is 3.15. The second-order valence-electron chi connectivity index (χ2n) is 6.68. The summed E-state index contributed by atoms with van der Waals surface area (Å²) in [5.74, 6) is 0.806. The monoisotopic (exact) mass is 393 g/mol. The fourth-order valence-corrected chi connectivity index (χ4v) is 4.37. The highest BCUT2D eigenvalue weighted by Crippen LogP contribution is 2.37. The number of anilines is 1. The molecule has 1 aromatic heterocycles. The van der Waals surface area contributed by atoms with Gasteiger partial charge < -0.3 is 10.7 Å². The lowest BCUT2D eigenvalue weighted by atomic mass is 10.0. The van der Waals surface area contributed by atoms with E-state index in [0.717, 1.165) is 29.9 Å². The Morgan fingerprint density at radius 1 is 1.07 bits per heavy atom. The normalized spacial score (nSPS) is 18.2. The minimum Gasteiger partial charge on any atom is -0.325 e. The van der Waals surface area contributed by atoms with Gasteiger partial charge in [-0.2, -0.15) is 0 Å². The van der Waals surface area contributed by atoms with Crippen LogP contribution >= 0.6 is 11.8 Å². The summed E-state index contributed by atoms with van der Waals surface area (Å²) in [4.78, 5) is 13.1. The van der Waals surface area contributed by atoms with Crippen LogP contribution < -0.4 is 10.7 Å². The second kappa shape index (κ2) is 8.06. The highest BCUT2D eigenvalue weighted by molar-refractivity contribution is 8.00. The third-order valence-corrected chi connectivity index (χ3v) is 6.08. The number of aryl methyl sites for hydroxylation is 2. The standard InChI is InChI=1S/C21H23N5OS/c1-3-14-10-12-15(13-11-14)18-19(20(27)22-16-8-6-5-7-9-16)28-21-24-23-17(4-2)26(21)25-18/h5-13,18-19,25H,3-4H2,1-2H3,(H,22,27)/t18-,19-/m1/s1. The number of hydrogen-bond donors (Lipinski definition) is 2. The summed E-state index contributed by atoms with van der Waals surface area (Å²) in [7, 11) is 0. The lowest BCUT2D eigenvalue weighted by molar-refractivity contribution is -0.116. The van der Waals surface area contributed by atoms with Crippen LogP contribution in [0.15, 0.2) is 59.8 Å². The second-order valence-corrected chi connectivity index (χ2v) is 7.79. The number of carbonyl (C=O) groups excluding carboxylic acids is 1. The number of nitrogens with zero attached hydrogens (tertiary/aromatic N) is 3. The van der Waals surface area contributed by atoms with Crippen molar-refractivity contribution in [1.82, 2.24) is 14.9 Å². The van der Waals surface area contributed by atoms with Gasteiger partial charge >= 0.3 is 0 Å². The predicted octanol–water partition coefficient (Wildman–Crippen LogP) is 3.80. The van der Waals surface area contributed by atoms with Crippen LogP contribution in [0.25, 0.3) is 0 Å². The highest BCUT2D eigenvalue weighted by Gasteiger charge is 2.37. The van der Waals surface area contributed by atoms with E-state index in [1.807, 2.05) is 41.9 Å². The molecule has 1 aliphatic rings. The molecule has 7 heteroatoms. The van der Waals surface area contributed by atoms with Gasteiger partial charge in [-0.25, -0.2) is 4.68 Å². The zero-order valence-corrected chi connectivity index (χ0v) is 16.7. The molecule has 2 aromatic carbocycles. The number of para-hydroxylation sites is 1. The zero-order valence-electron chi connectivity index (χ0n) is 15.9. The van der Waals surface area contributed by atoms with E-state index in [2.05, 4.69) is 52.1 Å². The van der Waals surface area contributed by atoms with Crippen LogP contribution in [0.2, 0.25) is 0 Å². The molecule has 6 nitrogen and oxygen atoms in total. The number of nitrogens with one attached hydrogen (secondary N) is 2. The van der Waals surface area contributed by atoms with Crippen molar-refractivity contribution in [1.29, 1.82) is 0 Å². The van der Waals surface area contributed by atoms with Gasteiger partial charge in [-0.1, -0.05) is 68.1 Å². The number of hydrogen-bond acceptors (Lipinski definition) is 5. The van der Waals surface area contributed by atoms with E-state index < -0.39 is 0 Å². The fourth-order valence-electron chi connectivity index (χ4n) is 3.27. The molecule has 1 amide bonds. The molecule has 0 bridgehead atoms. The molecule has 2 heterocycles. The first-order valence-electron chi connectivity index (χ1n) is 9.51. The number of thioether (sulfide) groups is 1. The number of benzene rings is 2. The average molecular weight is 394 g/mol. The Balaban J connectivity index is 1.67. The summed E-state index contributed by atoms with van der Waals surface area (Å²) in [6.45, 7) is 4.18. The molecule has 2 atom stereocenters. The molecular formula is C21H23N5OS. The van der Waals surface area contributed by atoms with Crippen molar-refractivity contribution in [2.75, 3.05) is 10.7 Å². The molecule has 1 aliphatic heterocycles. The summed E-state index contributed by atoms with van der Waals surface area (Å²) < 4.78 is 1.91. The third-order valence-electron chi connectivity index (χ3n) is 4.87. The number of carbonyl (C=O) groups is 1. The van der Waals surface area contributed by atoms with E-state index in [1.165, 1.54) is 17.3 Å². The fraction of sp³-hybridized carbons (Fsp3) is 0.286. The van der Waals surface area contributed by atoms with Gasteiger partial charge in [-0.05, 0) is 29.7 Å². The smallest absolute Gasteiger partial charge is 0.240 e. The van der Waals surface area contributed by atoms with Crippen LogP contribution in [-0.4, -0.2) is 26.0 Å². The van der Waals surface area contributed by atoms with E-state index >= 15 is 0 Å². The lowest BCUT2D eigenvalue weighted by Crippen LogP contribution is -2.41. The van der Waals surface area contributed by atoms with Gasteiger partial charge in [0.05, 0.1) is 6.04 Å². The van der Waals surface area contributed by atoms with Gasteiger partial charge in [0.25, 0.3) is 0 Å². The quantitative estimate of drug-likeness (QED) is 0.690. The molecule has 144 valence electrons. The molecule has 0 radical (unpaired) electrons. The maximum Gasteiger partial charge on any atom is 0.240 e. The van der Waals surface area contributed by atoms with Gasteiger partial charge in [0.2, 0.25) is 11.1 Å². The Bertz CT molecular complexity index is 955. The Hall–Kier alpha value is -2.80. The Morgan fingerprint density at radius 2 is 1.82 bits per heavy atom. The maximum atomic E-state index is 13.1. The van der Waals surface area contributed by atoms with E-state index in [1.54, 1.807) is 0 Å². The first-order valence-corrected chi connectivity index (χ1v) is 10.4. The minimum atomic E-state index is -0.367. The van der Waals surface area contributed by atoms with E-state index in [4.69, 9.17) is 0 Å². The van der Waals surface area contributed by atoms with Gasteiger partial charge in [-0.15, -0.1) is 10.2 Å². The number of fused-ring (bicyclic) bond motifs is 1. The molecule has 28 heavy (non-hydrogen) atoms. The van der Waals surface area contributed by atoms with Gasteiger partial charge in [0.15, 0.2) is 5.82 Å². The predicted molar refractivity (Wildman–Crippen MR) is 112 cm³/mol. The number of aromatic nitrogens is 3. The van der Waals surface area contributed by atoms with Crippen molar-refractivity contribution in [2.24, 2.45) is 0 Å². The van der Waals surface area contributed by atoms with Crippen molar-refractivity contribution < 1.29 is 4.79 Å². The minimum absolute atomic E-state index is 0.0550. The highest BCUT2D eigenvalue weighted by atomic mass is 32.2. The largest absolute Gasteiger partial charge is 0.325 e. The summed E-state index contributed by atoms with van der Waals surface area (Å²) in [6, 6.07) is 17.8. The summed E-state index contributed by atoms with van der Waals surface area (Å²) in [5, 5.41) is 11.9. The van der Waals surface area contributed by atoms with Crippen molar-refractivity contribution in [3.05, 3.63) is 71.5 Å². The molecule has 3 aromatic rings. The maximum absolute atomic E-state index is 13.1. The number of amides is 1. The van der Waals surface area contributed by atoms with Crippen LogP contribution in [-0.2, 0) is 17.6 Å². The zero-order chi connectivity index (χ0) is 19.5. The third kappa shape index (κ3) is 3.62. The van der Waals surface area contributed by atoms with Crippen molar-refractivity contribution in [2.45, 2.75) is 43.1 Å². The van der Waals surface area contributed by atoms with Gasteiger partial charge in [-0.3, -0.25) is 4.79 Å². The molecule has 2 N–H and O–H groups in total. The SMILES string of the molecule is CCc1ccc([C@H]2Nn3c(CC)nnc3S[C@H]2C(=O)Nc2ccccc2)cc1. The van der Waals surface area contributed by atoms with Crippen molar-refractivity contribution in [3.63, 3.8) is 0 Å². The molecule has 0 unspecified atom stereocenters. The molecule has 0 saturated heterocycles. The van der Waals surface area contributed by atoms with Crippen LogP contribution in [0.3, 0.4) is 0 Å². The number of rotatable bonds is 5. The van der Waals surface area contributed by atoms with E-state index in [-0.39, 0.29) is 17.2 Å². The molecule has 0 fully saturated rings. The first kappa shape index (κ1) is 18.6. The van der Waals surface area contributed by atoms with E-state index in [0.29, 0.717) is 5.16 Å². The summed E-state index contributed by atoms with van der Waals surface area (Å²) >= 11 is 1.45. The Morgan fingerprint density at radius 3 is 2.50 bits per heavy atom.